The van der Waals surface area contributed by atoms with Crippen LogP contribution in [0.15, 0.2) is 40.9 Å². The van der Waals surface area contributed by atoms with Crippen LogP contribution in [0.2, 0.25) is 5.02 Å². The quantitative estimate of drug-likeness (QED) is 0.565. The average molecular weight is 428 g/mol. The van der Waals surface area contributed by atoms with E-state index in [1.807, 2.05) is 0 Å². The lowest BCUT2D eigenvalue weighted by atomic mass is 10.1. The number of aryl methyl sites for hydroxylation is 1. The highest BCUT2D eigenvalue weighted by molar-refractivity contribution is 6.31. The highest BCUT2D eigenvalue weighted by atomic mass is 35.5. The highest BCUT2D eigenvalue weighted by Crippen LogP contribution is 2.28. The summed E-state index contributed by atoms with van der Waals surface area (Å²) in [6.07, 6.45) is 0.678. The van der Waals surface area contributed by atoms with Crippen molar-refractivity contribution in [2.24, 2.45) is 0 Å². The average Bonchev–Trinajstić information content (AvgIpc) is 3.28. The maximum atomic E-state index is 14.1. The van der Waals surface area contributed by atoms with Crippen molar-refractivity contribution >= 4 is 23.5 Å². The van der Waals surface area contributed by atoms with Gasteiger partial charge in [0.1, 0.15) is 18.2 Å². The van der Waals surface area contributed by atoms with Gasteiger partial charge in [-0.1, -0.05) is 17.7 Å². The Labute approximate surface area is 169 Å². The molecule has 0 unspecified atom stereocenters. The summed E-state index contributed by atoms with van der Waals surface area (Å²) < 4.78 is 52.0. The largest absolute Gasteiger partial charge is 0.458 e. The topological polar surface area (TPSA) is 69.3 Å². The van der Waals surface area contributed by atoms with E-state index in [0.29, 0.717) is 5.56 Å². The predicted octanol–water partition coefficient (Wildman–Crippen LogP) is 5.49. The molecule has 0 atom stereocenters. The van der Waals surface area contributed by atoms with Gasteiger partial charge in [-0.15, -0.1) is 0 Å². The molecule has 0 aliphatic rings. The third kappa shape index (κ3) is 5.11. The van der Waals surface area contributed by atoms with Gasteiger partial charge in [0.25, 0.3) is 0 Å². The van der Waals surface area contributed by atoms with Crippen molar-refractivity contribution < 1.29 is 27.1 Å². The van der Waals surface area contributed by atoms with E-state index in [2.05, 4.69) is 10.4 Å². The maximum absolute atomic E-state index is 14.1. The summed E-state index contributed by atoms with van der Waals surface area (Å²) in [5.41, 5.74) is 0.461. The van der Waals surface area contributed by atoms with Crippen LogP contribution in [0.4, 0.5) is 23.8 Å². The molecule has 1 N–H and O–H groups in total. The molecule has 0 fully saturated rings. The number of anilines is 1. The molecule has 1 amide bonds. The number of rotatable bonds is 6. The van der Waals surface area contributed by atoms with Gasteiger partial charge in [0.2, 0.25) is 0 Å². The fraction of sp³-hybridized carbons (Fsp3) is 0.263. The number of ether oxygens (including phenoxy) is 1. The summed E-state index contributed by atoms with van der Waals surface area (Å²) in [5, 5.41) is 6.62. The number of nitrogens with zero attached hydrogens (tertiary/aromatic N) is 2. The zero-order valence-corrected chi connectivity index (χ0v) is 16.3. The van der Waals surface area contributed by atoms with E-state index < -0.39 is 23.6 Å². The molecule has 2 heterocycles. The summed E-state index contributed by atoms with van der Waals surface area (Å²) in [7, 11) is 0. The van der Waals surface area contributed by atoms with Crippen LogP contribution in [0.25, 0.3) is 0 Å². The first-order valence-corrected chi connectivity index (χ1v) is 8.89. The molecule has 154 valence electrons. The summed E-state index contributed by atoms with van der Waals surface area (Å²) >= 11 is 5.93. The molecule has 3 rings (SSSR count). The van der Waals surface area contributed by atoms with E-state index in [4.69, 9.17) is 20.8 Å². The summed E-state index contributed by atoms with van der Waals surface area (Å²) in [5.74, 6) is -3.60. The number of amides is 1. The number of nitrogens with one attached hydrogen (secondary N) is 1. The molecule has 0 bridgehead atoms. The molecule has 0 aliphatic heterocycles. The minimum atomic E-state index is -3.07. The first kappa shape index (κ1) is 20.8. The Morgan fingerprint density at radius 3 is 2.76 bits per heavy atom. The highest BCUT2D eigenvalue weighted by Gasteiger charge is 2.28. The monoisotopic (exact) mass is 427 g/mol. The molecular weight excluding hydrogens is 411 g/mol. The van der Waals surface area contributed by atoms with E-state index in [1.165, 1.54) is 41.2 Å². The second-order valence-corrected chi connectivity index (χ2v) is 6.82. The molecule has 2 aromatic heterocycles. The number of carbonyl (C=O) groups excluding carboxylic acids is 1. The van der Waals surface area contributed by atoms with Crippen LogP contribution in [0.5, 0.6) is 0 Å². The van der Waals surface area contributed by atoms with Gasteiger partial charge in [0.15, 0.2) is 11.6 Å². The SMILES string of the molecule is Cc1ccc(Cl)c(COC(=O)Nc2ccn(Cc3ccc(C(C)(F)F)o3)n2)c1F. The van der Waals surface area contributed by atoms with Gasteiger partial charge in [-0.25, -0.2) is 9.18 Å². The zero-order chi connectivity index (χ0) is 21.2. The van der Waals surface area contributed by atoms with E-state index in [9.17, 15) is 18.0 Å². The predicted molar refractivity (Wildman–Crippen MR) is 99.6 cm³/mol. The normalized spacial score (nSPS) is 11.5. The number of alkyl halides is 2. The Morgan fingerprint density at radius 1 is 1.31 bits per heavy atom. The number of benzene rings is 1. The van der Waals surface area contributed by atoms with Crippen molar-refractivity contribution in [3.05, 3.63) is 70.0 Å². The fourth-order valence-electron chi connectivity index (χ4n) is 2.50. The number of halogens is 4. The van der Waals surface area contributed by atoms with Crippen LogP contribution in [0.3, 0.4) is 0 Å². The molecule has 0 saturated heterocycles. The number of carbonyl (C=O) groups is 1. The van der Waals surface area contributed by atoms with Gasteiger partial charge in [-0.05, 0) is 30.7 Å². The first-order chi connectivity index (χ1) is 13.6. The van der Waals surface area contributed by atoms with Gasteiger partial charge in [-0.3, -0.25) is 10.00 Å². The fourth-order valence-corrected chi connectivity index (χ4v) is 2.70. The molecule has 1 aromatic carbocycles. The van der Waals surface area contributed by atoms with Crippen LogP contribution < -0.4 is 5.32 Å². The maximum Gasteiger partial charge on any atom is 0.413 e. The Kier molecular flexibility index (Phi) is 5.88. The van der Waals surface area contributed by atoms with Gasteiger partial charge in [-0.2, -0.15) is 13.9 Å². The Balaban J connectivity index is 1.57. The van der Waals surface area contributed by atoms with Crippen molar-refractivity contribution in [1.82, 2.24) is 9.78 Å². The summed E-state index contributed by atoms with van der Waals surface area (Å²) in [6, 6.07) is 7.16. The molecular formula is C19H17ClF3N3O3. The third-order valence-corrected chi connectivity index (χ3v) is 4.36. The van der Waals surface area contributed by atoms with Gasteiger partial charge in [0, 0.05) is 24.8 Å². The molecule has 10 heteroatoms. The van der Waals surface area contributed by atoms with Crippen molar-refractivity contribution in [2.75, 3.05) is 5.32 Å². The van der Waals surface area contributed by atoms with Crippen LogP contribution in [0, 0.1) is 12.7 Å². The molecule has 0 radical (unpaired) electrons. The Morgan fingerprint density at radius 2 is 2.07 bits per heavy atom. The second-order valence-electron chi connectivity index (χ2n) is 6.41. The van der Waals surface area contributed by atoms with Crippen molar-refractivity contribution in [1.29, 1.82) is 0 Å². The van der Waals surface area contributed by atoms with Crippen LogP contribution in [-0.2, 0) is 23.8 Å². The number of hydrogen-bond donors (Lipinski definition) is 1. The third-order valence-electron chi connectivity index (χ3n) is 4.01. The van der Waals surface area contributed by atoms with E-state index in [0.717, 1.165) is 6.92 Å². The van der Waals surface area contributed by atoms with Crippen molar-refractivity contribution in [3.63, 3.8) is 0 Å². The second kappa shape index (κ2) is 8.20. The zero-order valence-electron chi connectivity index (χ0n) is 15.5. The summed E-state index contributed by atoms with van der Waals surface area (Å²) in [4.78, 5) is 11.9. The molecule has 0 aliphatic carbocycles. The van der Waals surface area contributed by atoms with Gasteiger partial charge < -0.3 is 9.15 Å². The number of aromatic nitrogens is 2. The minimum Gasteiger partial charge on any atom is -0.458 e. The number of furan rings is 1. The Hall–Kier alpha value is -2.94. The lowest BCUT2D eigenvalue weighted by Gasteiger charge is -2.09. The molecule has 0 saturated carbocycles. The number of hydrogen-bond acceptors (Lipinski definition) is 4. The van der Waals surface area contributed by atoms with E-state index in [1.54, 1.807) is 6.92 Å². The van der Waals surface area contributed by atoms with Crippen molar-refractivity contribution in [3.8, 4) is 0 Å². The van der Waals surface area contributed by atoms with Crippen LogP contribution >= 0.6 is 11.6 Å². The van der Waals surface area contributed by atoms with E-state index >= 15 is 0 Å². The standard InChI is InChI=1S/C19H17ClF3N3O3/c1-11-3-5-14(20)13(17(11)21)10-28-18(27)24-16-7-8-26(25-16)9-12-4-6-15(29-12)19(2,22)23/h3-8H,9-10H2,1-2H3,(H,24,25,27). The van der Waals surface area contributed by atoms with Crippen LogP contribution in [-0.4, -0.2) is 15.9 Å². The summed E-state index contributed by atoms with van der Waals surface area (Å²) in [6.45, 7) is 2.06. The smallest absolute Gasteiger partial charge is 0.413 e. The molecule has 29 heavy (non-hydrogen) atoms. The molecule has 0 spiro atoms. The Bertz CT molecular complexity index is 1030. The van der Waals surface area contributed by atoms with Gasteiger partial charge >= 0.3 is 12.0 Å². The molecule has 3 aromatic rings. The first-order valence-electron chi connectivity index (χ1n) is 8.51. The van der Waals surface area contributed by atoms with Crippen LogP contribution in [0.1, 0.15) is 29.6 Å². The lowest BCUT2D eigenvalue weighted by Crippen LogP contribution is -2.15. The molecule has 6 nitrogen and oxygen atoms in total. The van der Waals surface area contributed by atoms with Crippen molar-refractivity contribution in [2.45, 2.75) is 32.9 Å². The lowest BCUT2D eigenvalue weighted by molar-refractivity contribution is -0.00636. The van der Waals surface area contributed by atoms with Gasteiger partial charge in [0.05, 0.1) is 11.6 Å². The minimum absolute atomic E-state index is 0.0775. The van der Waals surface area contributed by atoms with E-state index in [-0.39, 0.29) is 35.3 Å².